The molecule has 26 heavy (non-hydrogen) atoms. The van der Waals surface area contributed by atoms with Crippen LogP contribution in [0.15, 0.2) is 36.5 Å². The highest BCUT2D eigenvalue weighted by molar-refractivity contribution is 5.75. The lowest BCUT2D eigenvalue weighted by atomic mass is 9.78. The molecule has 1 unspecified atom stereocenters. The minimum atomic E-state index is 0.210. The molecule has 0 amide bonds. The Labute approximate surface area is 154 Å². The maximum atomic E-state index is 4.79. The number of hydrogen-bond acceptors (Lipinski definition) is 4. The highest BCUT2D eigenvalue weighted by Crippen LogP contribution is 2.35. The van der Waals surface area contributed by atoms with Crippen LogP contribution in [0.25, 0.3) is 11.2 Å². The van der Waals surface area contributed by atoms with Gasteiger partial charge in [0.05, 0.1) is 11.9 Å². The Morgan fingerprint density at radius 1 is 1.19 bits per heavy atom. The Bertz CT molecular complexity index is 878. The summed E-state index contributed by atoms with van der Waals surface area (Å²) >= 11 is 0. The summed E-state index contributed by atoms with van der Waals surface area (Å²) in [4.78, 5) is 11.9. The van der Waals surface area contributed by atoms with E-state index in [1.165, 1.54) is 24.8 Å². The highest BCUT2D eigenvalue weighted by atomic mass is 15.2. The average molecular weight is 349 g/mol. The third-order valence-electron chi connectivity index (χ3n) is 6.16. The predicted octanol–water partition coefficient (Wildman–Crippen LogP) is 4.52. The van der Waals surface area contributed by atoms with Crippen LogP contribution in [-0.2, 0) is 0 Å². The summed E-state index contributed by atoms with van der Waals surface area (Å²) in [7, 11) is 0. The first kappa shape index (κ1) is 17.0. The minimum Gasteiger partial charge on any atom is -0.355 e. The van der Waals surface area contributed by atoms with Crippen LogP contribution < -0.4 is 4.90 Å². The zero-order chi connectivity index (χ0) is 18.1. The van der Waals surface area contributed by atoms with Crippen molar-refractivity contribution in [3.8, 4) is 0 Å². The lowest BCUT2D eigenvalue weighted by Crippen LogP contribution is -2.38. The van der Waals surface area contributed by atoms with Gasteiger partial charge in [-0.05, 0) is 23.8 Å². The molecule has 1 N–H and O–H groups in total. The van der Waals surface area contributed by atoms with E-state index in [1.54, 1.807) is 0 Å². The number of piperidine rings is 1. The van der Waals surface area contributed by atoms with Crippen molar-refractivity contribution in [2.45, 2.75) is 46.0 Å². The third kappa shape index (κ3) is 3.06. The molecule has 1 aliphatic heterocycles. The zero-order valence-electron chi connectivity index (χ0n) is 15.9. The van der Waals surface area contributed by atoms with Gasteiger partial charge in [0.1, 0.15) is 11.3 Å². The molecule has 1 aromatic carbocycles. The Hall–Kier alpha value is -2.43. The zero-order valence-corrected chi connectivity index (χ0v) is 15.9. The first-order chi connectivity index (χ1) is 12.6. The van der Waals surface area contributed by atoms with Gasteiger partial charge in [-0.1, -0.05) is 57.5 Å². The number of hydrogen-bond donors (Lipinski definition) is 1. The molecule has 4 rings (SSSR count). The van der Waals surface area contributed by atoms with E-state index in [0.717, 1.165) is 30.1 Å². The van der Waals surface area contributed by atoms with Crippen molar-refractivity contribution in [3.63, 3.8) is 0 Å². The molecule has 0 bridgehead atoms. The van der Waals surface area contributed by atoms with Crippen LogP contribution in [0.4, 0.5) is 5.82 Å². The van der Waals surface area contributed by atoms with Crippen LogP contribution in [0.5, 0.6) is 0 Å². The molecule has 5 nitrogen and oxygen atoms in total. The molecule has 3 aromatic rings. The van der Waals surface area contributed by atoms with Crippen LogP contribution in [0.1, 0.15) is 57.2 Å². The van der Waals surface area contributed by atoms with Gasteiger partial charge in [-0.2, -0.15) is 5.10 Å². The molecule has 0 radical (unpaired) electrons. The standard InChI is InChI=1S/C21H27N5/c1-4-21(3)10-12-26(13-11-21)17-14-22-19-18(24-25-20(19)23-17)15(2)16-8-6-5-7-9-16/h5-9,14-15H,4,10-13H2,1-3H3,(H,23,24,25). The van der Waals surface area contributed by atoms with E-state index in [4.69, 9.17) is 9.97 Å². The molecule has 0 saturated carbocycles. The third-order valence-corrected chi connectivity index (χ3v) is 6.16. The van der Waals surface area contributed by atoms with Crippen molar-refractivity contribution in [2.75, 3.05) is 18.0 Å². The summed E-state index contributed by atoms with van der Waals surface area (Å²) in [5.74, 6) is 1.16. The lowest BCUT2D eigenvalue weighted by molar-refractivity contribution is 0.238. The van der Waals surface area contributed by atoms with E-state index in [1.807, 2.05) is 12.3 Å². The number of nitrogens with one attached hydrogen (secondary N) is 1. The van der Waals surface area contributed by atoms with Gasteiger partial charge in [0.25, 0.3) is 0 Å². The number of fused-ring (bicyclic) bond motifs is 1. The smallest absolute Gasteiger partial charge is 0.201 e. The van der Waals surface area contributed by atoms with Crippen LogP contribution in [0.2, 0.25) is 0 Å². The SMILES string of the molecule is CCC1(C)CCN(c2cnc3c(C(C)c4ccccc4)[nH]nc3n2)CC1. The fourth-order valence-corrected chi connectivity index (χ4v) is 3.80. The van der Waals surface area contributed by atoms with Crippen molar-refractivity contribution in [2.24, 2.45) is 5.41 Å². The largest absolute Gasteiger partial charge is 0.355 e. The topological polar surface area (TPSA) is 57.7 Å². The van der Waals surface area contributed by atoms with Crippen LogP contribution in [-0.4, -0.2) is 33.3 Å². The molecule has 2 aromatic heterocycles. The summed E-state index contributed by atoms with van der Waals surface area (Å²) in [5, 5.41) is 7.61. The molecule has 3 heterocycles. The second kappa shape index (κ2) is 6.71. The van der Waals surface area contributed by atoms with Crippen molar-refractivity contribution < 1.29 is 0 Å². The Morgan fingerprint density at radius 2 is 1.92 bits per heavy atom. The van der Waals surface area contributed by atoms with Crippen molar-refractivity contribution in [1.29, 1.82) is 0 Å². The monoisotopic (exact) mass is 349 g/mol. The summed E-state index contributed by atoms with van der Waals surface area (Å²) in [6.07, 6.45) is 5.57. The lowest BCUT2D eigenvalue weighted by Gasteiger charge is -2.39. The van der Waals surface area contributed by atoms with Crippen molar-refractivity contribution >= 4 is 17.0 Å². The number of aromatic nitrogens is 4. The fraction of sp³-hybridized carbons (Fsp3) is 0.476. The quantitative estimate of drug-likeness (QED) is 0.752. The number of aromatic amines is 1. The van der Waals surface area contributed by atoms with E-state index in [2.05, 4.69) is 60.1 Å². The van der Waals surface area contributed by atoms with E-state index >= 15 is 0 Å². The number of H-pyrrole nitrogens is 1. The summed E-state index contributed by atoms with van der Waals surface area (Å²) in [6, 6.07) is 10.4. The van der Waals surface area contributed by atoms with Gasteiger partial charge in [-0.25, -0.2) is 9.97 Å². The Morgan fingerprint density at radius 3 is 2.62 bits per heavy atom. The Balaban J connectivity index is 1.58. The van der Waals surface area contributed by atoms with Gasteiger partial charge >= 0.3 is 0 Å². The molecule has 0 spiro atoms. The van der Waals surface area contributed by atoms with Crippen LogP contribution >= 0.6 is 0 Å². The van der Waals surface area contributed by atoms with Crippen LogP contribution in [0.3, 0.4) is 0 Å². The highest BCUT2D eigenvalue weighted by Gasteiger charge is 2.29. The molecular weight excluding hydrogens is 322 g/mol. The van der Waals surface area contributed by atoms with E-state index in [-0.39, 0.29) is 5.92 Å². The molecule has 5 heteroatoms. The van der Waals surface area contributed by atoms with E-state index in [0.29, 0.717) is 11.1 Å². The molecule has 1 saturated heterocycles. The summed E-state index contributed by atoms with van der Waals surface area (Å²) in [5.41, 5.74) is 4.34. The number of benzene rings is 1. The van der Waals surface area contributed by atoms with Gasteiger partial charge in [0.15, 0.2) is 0 Å². The molecule has 1 atom stereocenters. The first-order valence-electron chi connectivity index (χ1n) is 9.60. The maximum Gasteiger partial charge on any atom is 0.201 e. The van der Waals surface area contributed by atoms with E-state index in [9.17, 15) is 0 Å². The average Bonchev–Trinajstić information content (AvgIpc) is 3.12. The molecule has 0 aliphatic carbocycles. The van der Waals surface area contributed by atoms with Crippen molar-refractivity contribution in [1.82, 2.24) is 20.2 Å². The predicted molar refractivity (Wildman–Crippen MR) is 105 cm³/mol. The number of rotatable bonds is 4. The molecule has 1 aliphatic rings. The van der Waals surface area contributed by atoms with Gasteiger partial charge in [0.2, 0.25) is 5.65 Å². The summed E-state index contributed by atoms with van der Waals surface area (Å²) < 4.78 is 0. The number of anilines is 1. The molecule has 136 valence electrons. The second-order valence-corrected chi connectivity index (χ2v) is 7.82. The summed E-state index contributed by atoms with van der Waals surface area (Å²) in [6.45, 7) is 8.95. The Kier molecular flexibility index (Phi) is 4.39. The second-order valence-electron chi connectivity index (χ2n) is 7.82. The van der Waals surface area contributed by atoms with E-state index < -0.39 is 0 Å². The van der Waals surface area contributed by atoms with Gasteiger partial charge < -0.3 is 4.90 Å². The van der Waals surface area contributed by atoms with Gasteiger partial charge in [0, 0.05) is 19.0 Å². The minimum absolute atomic E-state index is 0.210. The van der Waals surface area contributed by atoms with Gasteiger partial charge in [-0.3, -0.25) is 5.10 Å². The van der Waals surface area contributed by atoms with Gasteiger partial charge in [-0.15, -0.1) is 0 Å². The fourth-order valence-electron chi connectivity index (χ4n) is 3.80. The van der Waals surface area contributed by atoms with Crippen molar-refractivity contribution in [3.05, 3.63) is 47.8 Å². The molecular formula is C21H27N5. The number of nitrogens with zero attached hydrogens (tertiary/aromatic N) is 4. The first-order valence-corrected chi connectivity index (χ1v) is 9.60. The normalized spacial score (nSPS) is 18.2. The molecule has 1 fully saturated rings. The van der Waals surface area contributed by atoms with Crippen LogP contribution in [0, 0.1) is 5.41 Å². The maximum absolute atomic E-state index is 4.79.